The van der Waals surface area contributed by atoms with Crippen molar-refractivity contribution in [3.8, 4) is 0 Å². The monoisotopic (exact) mass is 581 g/mol. The van der Waals surface area contributed by atoms with Gasteiger partial charge in [0.25, 0.3) is 0 Å². The lowest BCUT2D eigenvalue weighted by atomic mass is 9.64. The lowest BCUT2D eigenvalue weighted by Gasteiger charge is -2.46. The summed E-state index contributed by atoms with van der Waals surface area (Å²) in [6, 6.07) is 0. The average Bonchev–Trinajstić information content (AvgIpc) is 2.78. The van der Waals surface area contributed by atoms with Crippen molar-refractivity contribution in [1.29, 1.82) is 0 Å². The van der Waals surface area contributed by atoms with Gasteiger partial charge in [-0.05, 0) is 140 Å². The van der Waals surface area contributed by atoms with Gasteiger partial charge >= 0.3 is 0 Å². The Hall–Kier alpha value is -0.120. The van der Waals surface area contributed by atoms with Crippen LogP contribution < -0.4 is 0 Å². The molecule has 3 nitrogen and oxygen atoms in total. The van der Waals surface area contributed by atoms with E-state index < -0.39 is 0 Å². The summed E-state index contributed by atoms with van der Waals surface area (Å²) in [6.07, 6.45) is 9.65. The molecular formula is C38H76O3. The van der Waals surface area contributed by atoms with Crippen molar-refractivity contribution >= 4 is 0 Å². The maximum atomic E-state index is 6.15. The molecule has 3 fully saturated rings. The summed E-state index contributed by atoms with van der Waals surface area (Å²) in [5.41, 5.74) is 2.29. The van der Waals surface area contributed by atoms with Crippen molar-refractivity contribution in [2.45, 2.75) is 206 Å². The second kappa shape index (κ2) is 13.1. The predicted molar refractivity (Wildman–Crippen MR) is 180 cm³/mol. The van der Waals surface area contributed by atoms with Crippen LogP contribution in [0.4, 0.5) is 0 Å². The highest BCUT2D eigenvalue weighted by Crippen LogP contribution is 2.53. The highest BCUT2D eigenvalue weighted by atomic mass is 16.5. The molecule has 0 radical (unpaired) electrons. The molecule has 246 valence electrons. The maximum Gasteiger partial charge on any atom is 0.0602 e. The van der Waals surface area contributed by atoms with E-state index in [-0.39, 0.29) is 16.8 Å². The van der Waals surface area contributed by atoms with Crippen LogP contribution >= 0.6 is 0 Å². The smallest absolute Gasteiger partial charge is 0.0602 e. The lowest BCUT2D eigenvalue weighted by molar-refractivity contribution is -0.115. The quantitative estimate of drug-likeness (QED) is 0.331. The Kier molecular flexibility index (Phi) is 12.4. The highest BCUT2D eigenvalue weighted by molar-refractivity contribution is 4.97. The Morgan fingerprint density at radius 1 is 0.463 bits per heavy atom. The molecule has 0 aromatic heterocycles. The summed E-state index contributed by atoms with van der Waals surface area (Å²) in [7, 11) is 0. The first-order valence-corrected chi connectivity index (χ1v) is 16.8. The molecule has 3 rings (SSSR count). The summed E-state index contributed by atoms with van der Waals surface area (Å²) in [6.45, 7) is 43.8. The van der Waals surface area contributed by atoms with Gasteiger partial charge in [-0.1, -0.05) is 69.2 Å². The highest BCUT2D eigenvalue weighted by Gasteiger charge is 2.47. The third-order valence-electron chi connectivity index (χ3n) is 9.30. The summed E-state index contributed by atoms with van der Waals surface area (Å²) >= 11 is 0. The van der Waals surface area contributed by atoms with E-state index in [1.54, 1.807) is 0 Å². The molecule has 3 heteroatoms. The van der Waals surface area contributed by atoms with E-state index in [0.29, 0.717) is 39.3 Å². The van der Waals surface area contributed by atoms with Gasteiger partial charge in [0.1, 0.15) is 0 Å². The topological polar surface area (TPSA) is 27.7 Å². The first-order valence-electron chi connectivity index (χ1n) is 16.8. The normalized spacial score (nSPS) is 25.8. The molecule has 0 N–H and O–H groups in total. The predicted octanol–water partition coefficient (Wildman–Crippen LogP) is 11.7. The summed E-state index contributed by atoms with van der Waals surface area (Å²) in [4.78, 5) is 0. The van der Waals surface area contributed by atoms with Crippen LogP contribution in [0.15, 0.2) is 0 Å². The third kappa shape index (κ3) is 15.4. The van der Waals surface area contributed by atoms with Crippen LogP contribution in [0.1, 0.15) is 176 Å². The molecule has 41 heavy (non-hydrogen) atoms. The van der Waals surface area contributed by atoms with Gasteiger partial charge in [-0.2, -0.15) is 0 Å². The Bertz CT molecular complexity index is 752. The van der Waals surface area contributed by atoms with Crippen molar-refractivity contribution in [2.75, 3.05) is 6.61 Å². The minimum absolute atomic E-state index is 0.00116. The molecule has 3 aliphatic carbocycles. The minimum Gasteiger partial charge on any atom is -0.376 e. The molecule has 0 aromatic rings. The van der Waals surface area contributed by atoms with Crippen LogP contribution in [0.2, 0.25) is 0 Å². The maximum absolute atomic E-state index is 6.15. The fraction of sp³-hybridized carbons (Fsp3) is 1.00. The van der Waals surface area contributed by atoms with Crippen molar-refractivity contribution in [3.63, 3.8) is 0 Å². The Morgan fingerprint density at radius 2 is 0.805 bits per heavy atom. The van der Waals surface area contributed by atoms with Crippen LogP contribution in [0.5, 0.6) is 0 Å². The zero-order chi connectivity index (χ0) is 32.5. The van der Waals surface area contributed by atoms with E-state index in [1.807, 2.05) is 0 Å². The number of hydrogen-bond acceptors (Lipinski definition) is 3. The first-order chi connectivity index (χ1) is 17.8. The van der Waals surface area contributed by atoms with Gasteiger partial charge in [0, 0.05) is 0 Å². The Labute approximate surface area is 259 Å². The average molecular weight is 581 g/mol. The molecular weight excluding hydrogens is 504 g/mol. The number of rotatable bonds is 4. The van der Waals surface area contributed by atoms with Crippen LogP contribution in [-0.2, 0) is 14.2 Å². The van der Waals surface area contributed by atoms with Crippen LogP contribution in [0.25, 0.3) is 0 Å². The van der Waals surface area contributed by atoms with Gasteiger partial charge in [0.2, 0.25) is 0 Å². The largest absolute Gasteiger partial charge is 0.376 e. The van der Waals surface area contributed by atoms with Crippen LogP contribution in [0, 0.1) is 33.0 Å². The van der Waals surface area contributed by atoms with Gasteiger partial charge in [0.05, 0.1) is 35.6 Å². The molecule has 0 saturated heterocycles. The SMILES string of the molecule is CC(C)(C)OC1CC(C)(C)C(C)(C)C1.CC1(C)CC(COC(C)(C)C)C1.CC1(C)CC(OC(C)(C)C)CC(C)(C)C1. The minimum atomic E-state index is -0.00579. The first kappa shape index (κ1) is 38.9. The van der Waals surface area contributed by atoms with Gasteiger partial charge in [-0.25, -0.2) is 0 Å². The van der Waals surface area contributed by atoms with E-state index >= 15 is 0 Å². The van der Waals surface area contributed by atoms with E-state index in [2.05, 4.69) is 132 Å². The van der Waals surface area contributed by atoms with Gasteiger partial charge < -0.3 is 14.2 Å². The van der Waals surface area contributed by atoms with E-state index in [1.165, 1.54) is 44.9 Å². The second-order valence-corrected chi connectivity index (χ2v) is 20.7. The molecule has 3 aliphatic rings. The molecule has 0 atom stereocenters. The van der Waals surface area contributed by atoms with Crippen LogP contribution in [0.3, 0.4) is 0 Å². The molecule has 0 aromatic carbocycles. The molecule has 0 heterocycles. The zero-order valence-corrected chi connectivity index (χ0v) is 31.6. The van der Waals surface area contributed by atoms with Gasteiger partial charge in [-0.15, -0.1) is 0 Å². The van der Waals surface area contributed by atoms with Gasteiger partial charge in [0.15, 0.2) is 0 Å². The van der Waals surface area contributed by atoms with E-state index in [0.717, 1.165) is 12.5 Å². The Morgan fingerprint density at radius 3 is 1.10 bits per heavy atom. The molecule has 0 amide bonds. The van der Waals surface area contributed by atoms with Gasteiger partial charge in [-0.3, -0.25) is 0 Å². The molecule has 0 bridgehead atoms. The van der Waals surface area contributed by atoms with E-state index in [4.69, 9.17) is 14.2 Å². The lowest BCUT2D eigenvalue weighted by Crippen LogP contribution is -2.41. The van der Waals surface area contributed by atoms with Crippen LogP contribution in [-0.4, -0.2) is 35.6 Å². The van der Waals surface area contributed by atoms with Crippen molar-refractivity contribution < 1.29 is 14.2 Å². The van der Waals surface area contributed by atoms with Crippen molar-refractivity contribution in [2.24, 2.45) is 33.0 Å². The Balaban J connectivity index is 0.000000309. The summed E-state index contributed by atoms with van der Waals surface area (Å²) < 4.78 is 17.9. The standard InChI is InChI=1S/C14H28O.C13H26O.C11H22O/c1-12(2,3)15-11-8-13(4,5)10-14(6,7)9-11;1-11(2,3)14-10-8-12(4,5)13(6,7)9-10;1-10(2,3)12-8-9-6-11(4,5)7-9/h11H,8-10H2,1-7H3;10H,8-9H2,1-7H3;9H,6-8H2,1-5H3. The van der Waals surface area contributed by atoms with Crippen molar-refractivity contribution in [3.05, 3.63) is 0 Å². The zero-order valence-electron chi connectivity index (χ0n) is 31.6. The molecule has 3 saturated carbocycles. The van der Waals surface area contributed by atoms with E-state index in [9.17, 15) is 0 Å². The second-order valence-electron chi connectivity index (χ2n) is 20.7. The summed E-state index contributed by atoms with van der Waals surface area (Å²) in [5.74, 6) is 0.819. The fourth-order valence-electron chi connectivity index (χ4n) is 7.66. The number of ether oxygens (including phenoxy) is 3. The fourth-order valence-corrected chi connectivity index (χ4v) is 7.66. The van der Waals surface area contributed by atoms with Crippen molar-refractivity contribution in [1.82, 2.24) is 0 Å². The molecule has 0 aliphatic heterocycles. The molecule has 0 unspecified atom stereocenters. The summed E-state index contributed by atoms with van der Waals surface area (Å²) in [5, 5.41) is 0. The number of hydrogen-bond donors (Lipinski definition) is 0. The third-order valence-corrected chi connectivity index (χ3v) is 9.30. The molecule has 0 spiro atoms.